The summed E-state index contributed by atoms with van der Waals surface area (Å²) in [5.41, 5.74) is 0. The van der Waals surface area contributed by atoms with Gasteiger partial charge < -0.3 is 9.63 Å². The molecule has 0 amide bonds. The largest absolute Gasteiger partial charge is 0.392 e. The summed E-state index contributed by atoms with van der Waals surface area (Å²) in [5, 5.41) is 13.6. The highest BCUT2D eigenvalue weighted by Gasteiger charge is 2.34. The molecule has 2 unspecified atom stereocenters. The molecular formula is C11H16N2O4S. The monoisotopic (exact) mass is 272 g/mol. The molecule has 2 fully saturated rings. The lowest BCUT2D eigenvalue weighted by molar-refractivity contribution is 0.140. The molecule has 0 bridgehead atoms. The first-order chi connectivity index (χ1) is 8.53. The highest BCUT2D eigenvalue weighted by molar-refractivity contribution is 7.91. The zero-order valence-electron chi connectivity index (χ0n) is 9.95. The second-order valence-electron chi connectivity index (χ2n) is 5.26. The lowest BCUT2D eigenvalue weighted by atomic mass is 10.1. The Morgan fingerprint density at radius 1 is 1.39 bits per heavy atom. The number of aliphatic hydroxyl groups is 1. The molecule has 0 aromatic carbocycles. The van der Waals surface area contributed by atoms with Crippen LogP contribution in [0.1, 0.15) is 36.9 Å². The fourth-order valence-corrected chi connectivity index (χ4v) is 4.08. The Morgan fingerprint density at radius 2 is 2.17 bits per heavy atom. The minimum Gasteiger partial charge on any atom is -0.392 e. The average molecular weight is 272 g/mol. The van der Waals surface area contributed by atoms with Gasteiger partial charge in [0, 0.05) is 5.92 Å². The van der Waals surface area contributed by atoms with Crippen molar-refractivity contribution in [3.63, 3.8) is 0 Å². The lowest BCUT2D eigenvalue weighted by Gasteiger charge is -2.03. The van der Waals surface area contributed by atoms with Crippen LogP contribution in [-0.2, 0) is 16.3 Å². The van der Waals surface area contributed by atoms with Gasteiger partial charge >= 0.3 is 0 Å². The fourth-order valence-electron chi connectivity index (χ4n) is 2.34. The summed E-state index contributed by atoms with van der Waals surface area (Å²) in [6, 6.07) is 0. The van der Waals surface area contributed by atoms with Gasteiger partial charge in [-0.2, -0.15) is 4.98 Å². The van der Waals surface area contributed by atoms with E-state index < -0.39 is 15.9 Å². The predicted molar refractivity (Wildman–Crippen MR) is 62.7 cm³/mol. The average Bonchev–Trinajstić information content (AvgIpc) is 2.96. The molecular weight excluding hydrogens is 256 g/mol. The van der Waals surface area contributed by atoms with Gasteiger partial charge in [-0.3, -0.25) is 0 Å². The third-order valence-corrected chi connectivity index (χ3v) is 5.40. The highest BCUT2D eigenvalue weighted by Crippen LogP contribution is 2.34. The van der Waals surface area contributed by atoms with Gasteiger partial charge in [0.2, 0.25) is 5.89 Å². The quantitative estimate of drug-likeness (QED) is 0.846. The van der Waals surface area contributed by atoms with Gasteiger partial charge in [0.25, 0.3) is 0 Å². The van der Waals surface area contributed by atoms with Crippen molar-refractivity contribution in [2.24, 2.45) is 5.92 Å². The SMILES string of the molecule is O=S1(=O)CCC(c2noc(CC(O)C3CC3)n2)C1. The van der Waals surface area contributed by atoms with Crippen molar-refractivity contribution in [3.8, 4) is 0 Å². The van der Waals surface area contributed by atoms with Crippen LogP contribution in [0.25, 0.3) is 0 Å². The third-order valence-electron chi connectivity index (χ3n) is 3.63. The maximum Gasteiger partial charge on any atom is 0.229 e. The van der Waals surface area contributed by atoms with Crippen LogP contribution in [0.3, 0.4) is 0 Å². The van der Waals surface area contributed by atoms with E-state index >= 15 is 0 Å². The number of aliphatic hydroxyl groups excluding tert-OH is 1. The van der Waals surface area contributed by atoms with E-state index in [-0.39, 0.29) is 17.4 Å². The van der Waals surface area contributed by atoms with Crippen LogP contribution in [0.15, 0.2) is 4.52 Å². The van der Waals surface area contributed by atoms with E-state index in [0.717, 1.165) is 12.8 Å². The minimum absolute atomic E-state index is 0.108. The number of aromatic nitrogens is 2. The molecule has 2 aliphatic rings. The number of sulfone groups is 1. The summed E-state index contributed by atoms with van der Waals surface area (Å²) in [4.78, 5) is 4.21. The summed E-state index contributed by atoms with van der Waals surface area (Å²) < 4.78 is 27.8. The highest BCUT2D eigenvalue weighted by atomic mass is 32.2. The van der Waals surface area contributed by atoms with Crippen LogP contribution in [0.5, 0.6) is 0 Å². The number of hydrogen-bond donors (Lipinski definition) is 1. The number of hydrogen-bond acceptors (Lipinski definition) is 6. The number of nitrogens with zero attached hydrogens (tertiary/aromatic N) is 2. The van der Waals surface area contributed by atoms with E-state index in [9.17, 15) is 13.5 Å². The summed E-state index contributed by atoms with van der Waals surface area (Å²) in [5.74, 6) is 1.41. The first-order valence-corrected chi connectivity index (χ1v) is 8.06. The molecule has 6 nitrogen and oxygen atoms in total. The van der Waals surface area contributed by atoms with Crippen LogP contribution >= 0.6 is 0 Å². The zero-order valence-corrected chi connectivity index (χ0v) is 10.8. The molecule has 0 spiro atoms. The van der Waals surface area contributed by atoms with Gasteiger partial charge in [0.05, 0.1) is 24.0 Å². The van der Waals surface area contributed by atoms with Crippen molar-refractivity contribution in [1.82, 2.24) is 10.1 Å². The second-order valence-corrected chi connectivity index (χ2v) is 7.48. The normalized spacial score (nSPS) is 28.4. The van der Waals surface area contributed by atoms with Gasteiger partial charge in [-0.1, -0.05) is 5.16 Å². The molecule has 1 saturated carbocycles. The summed E-state index contributed by atoms with van der Waals surface area (Å²) in [7, 11) is -2.93. The Kier molecular flexibility index (Phi) is 2.90. The standard InChI is InChI=1S/C11H16N2O4S/c14-9(7-1-2-7)5-10-12-11(13-17-10)8-3-4-18(15,16)6-8/h7-9,14H,1-6H2. The Hall–Kier alpha value is -0.950. The maximum atomic E-state index is 11.4. The van der Waals surface area contributed by atoms with E-state index in [1.54, 1.807) is 0 Å². The van der Waals surface area contributed by atoms with E-state index in [0.29, 0.717) is 30.5 Å². The molecule has 2 heterocycles. The first-order valence-electron chi connectivity index (χ1n) is 6.24. The van der Waals surface area contributed by atoms with Crippen molar-refractivity contribution in [2.45, 2.75) is 37.7 Å². The lowest BCUT2D eigenvalue weighted by Crippen LogP contribution is -2.13. The Balaban J connectivity index is 1.66. The van der Waals surface area contributed by atoms with Crippen molar-refractivity contribution in [2.75, 3.05) is 11.5 Å². The van der Waals surface area contributed by atoms with Gasteiger partial charge in [-0.15, -0.1) is 0 Å². The third kappa shape index (κ3) is 2.56. The molecule has 2 atom stereocenters. The van der Waals surface area contributed by atoms with Crippen LogP contribution in [0.4, 0.5) is 0 Å². The molecule has 1 N–H and O–H groups in total. The molecule has 0 radical (unpaired) electrons. The van der Waals surface area contributed by atoms with E-state index in [1.807, 2.05) is 0 Å². The fraction of sp³-hybridized carbons (Fsp3) is 0.818. The molecule has 100 valence electrons. The van der Waals surface area contributed by atoms with Crippen molar-refractivity contribution < 1.29 is 18.0 Å². The minimum atomic E-state index is -2.93. The molecule has 1 aliphatic carbocycles. The Bertz CT molecular complexity index is 535. The topological polar surface area (TPSA) is 93.3 Å². The Labute approximate surface area is 105 Å². The van der Waals surface area contributed by atoms with Gasteiger partial charge in [0.15, 0.2) is 15.7 Å². The predicted octanol–water partition coefficient (Wildman–Crippen LogP) is 0.285. The molecule has 18 heavy (non-hydrogen) atoms. The second kappa shape index (κ2) is 4.31. The molecule has 3 rings (SSSR count). The van der Waals surface area contributed by atoms with Crippen molar-refractivity contribution in [3.05, 3.63) is 11.7 Å². The van der Waals surface area contributed by atoms with Gasteiger partial charge in [-0.05, 0) is 25.2 Å². The number of rotatable bonds is 4. The molecule has 1 aromatic heterocycles. The van der Waals surface area contributed by atoms with Crippen LogP contribution < -0.4 is 0 Å². The Morgan fingerprint density at radius 3 is 2.78 bits per heavy atom. The smallest absolute Gasteiger partial charge is 0.229 e. The van der Waals surface area contributed by atoms with E-state index in [2.05, 4.69) is 10.1 Å². The van der Waals surface area contributed by atoms with Crippen LogP contribution in [-0.4, -0.2) is 41.3 Å². The van der Waals surface area contributed by atoms with Gasteiger partial charge in [0.1, 0.15) is 0 Å². The first kappa shape index (κ1) is 12.1. The van der Waals surface area contributed by atoms with E-state index in [1.165, 1.54) is 0 Å². The summed E-state index contributed by atoms with van der Waals surface area (Å²) >= 11 is 0. The van der Waals surface area contributed by atoms with Crippen LogP contribution in [0, 0.1) is 5.92 Å². The van der Waals surface area contributed by atoms with Crippen LogP contribution in [0.2, 0.25) is 0 Å². The molecule has 7 heteroatoms. The van der Waals surface area contributed by atoms with E-state index in [4.69, 9.17) is 4.52 Å². The maximum absolute atomic E-state index is 11.4. The molecule has 1 saturated heterocycles. The van der Waals surface area contributed by atoms with Crippen molar-refractivity contribution in [1.29, 1.82) is 0 Å². The van der Waals surface area contributed by atoms with Crippen molar-refractivity contribution >= 4 is 9.84 Å². The zero-order chi connectivity index (χ0) is 12.8. The molecule has 1 aliphatic heterocycles. The summed E-state index contributed by atoms with van der Waals surface area (Å²) in [6.07, 6.45) is 2.64. The summed E-state index contributed by atoms with van der Waals surface area (Å²) in [6.45, 7) is 0. The van der Waals surface area contributed by atoms with Gasteiger partial charge in [-0.25, -0.2) is 8.42 Å². The molecule has 1 aromatic rings.